The number of halogens is 1. The molecule has 1 unspecified atom stereocenters. The number of ether oxygens (including phenoxy) is 2. The van der Waals surface area contributed by atoms with E-state index in [1.54, 1.807) is 0 Å². The van der Waals surface area contributed by atoms with Crippen molar-refractivity contribution in [1.29, 1.82) is 5.26 Å². The number of aromatic nitrogens is 2. The second-order valence-electron chi connectivity index (χ2n) is 12.9. The van der Waals surface area contributed by atoms with Crippen molar-refractivity contribution in [3.05, 3.63) is 40.1 Å². The van der Waals surface area contributed by atoms with E-state index in [2.05, 4.69) is 22.8 Å². The topological polar surface area (TPSA) is 121 Å². The Bertz CT molecular complexity index is 1410. The quantitative estimate of drug-likeness (QED) is 0.526. The van der Waals surface area contributed by atoms with Gasteiger partial charge in [-0.2, -0.15) is 15.2 Å². The molecule has 3 saturated heterocycles. The molecule has 4 aliphatic heterocycles. The third-order valence-corrected chi connectivity index (χ3v) is 10.5. The van der Waals surface area contributed by atoms with E-state index in [4.69, 9.17) is 25.2 Å². The summed E-state index contributed by atoms with van der Waals surface area (Å²) in [5, 5.41) is 20.6. The van der Waals surface area contributed by atoms with Crippen LogP contribution in [-0.4, -0.2) is 70.1 Å². The van der Waals surface area contributed by atoms with Gasteiger partial charge in [0.15, 0.2) is 0 Å². The van der Waals surface area contributed by atoms with Gasteiger partial charge in [-0.25, -0.2) is 4.39 Å². The van der Waals surface area contributed by atoms with Gasteiger partial charge in [-0.05, 0) is 63.1 Å². The van der Waals surface area contributed by atoms with Crippen LogP contribution < -0.4 is 15.4 Å². The first-order chi connectivity index (χ1) is 19.7. The fourth-order valence-electron chi connectivity index (χ4n) is 8.15. The molecule has 6 atom stereocenters. The SMILES string of the molecule is C[C@H]1CC[C@]2(Cc3nc(OCC45CCCN4C[C@H](F)C5)nc(N4CC[C@@H]4[C@@H](C)O)c3CO2)c2c1ccc(N)c2C#N. The van der Waals surface area contributed by atoms with Gasteiger partial charge in [0, 0.05) is 42.7 Å². The third kappa shape index (κ3) is 4.19. The first kappa shape index (κ1) is 26.9. The Balaban J connectivity index is 1.28. The molecular formula is C31H39FN6O3. The number of nitrogens with two attached hydrogens (primary N) is 1. The fourth-order valence-corrected chi connectivity index (χ4v) is 8.15. The van der Waals surface area contributed by atoms with Gasteiger partial charge in [0.1, 0.15) is 30.3 Å². The lowest BCUT2D eigenvalue weighted by Crippen LogP contribution is -2.54. The zero-order valence-electron chi connectivity index (χ0n) is 23.9. The van der Waals surface area contributed by atoms with Crippen molar-refractivity contribution in [2.75, 3.05) is 36.9 Å². The van der Waals surface area contributed by atoms with E-state index in [9.17, 15) is 14.8 Å². The molecule has 0 radical (unpaired) electrons. The van der Waals surface area contributed by atoms with Crippen molar-refractivity contribution >= 4 is 11.5 Å². The van der Waals surface area contributed by atoms with Crippen molar-refractivity contribution in [2.24, 2.45) is 0 Å². The summed E-state index contributed by atoms with van der Waals surface area (Å²) in [6.45, 7) is 6.77. The van der Waals surface area contributed by atoms with E-state index >= 15 is 0 Å². The number of aliphatic hydroxyl groups excluding tert-OH is 1. The monoisotopic (exact) mass is 562 g/mol. The van der Waals surface area contributed by atoms with Gasteiger partial charge in [0.2, 0.25) is 0 Å². The van der Waals surface area contributed by atoms with Crippen LogP contribution in [0.15, 0.2) is 12.1 Å². The smallest absolute Gasteiger partial charge is 0.318 e. The van der Waals surface area contributed by atoms with Gasteiger partial charge in [0.05, 0.1) is 35.5 Å². The predicted molar refractivity (Wildman–Crippen MR) is 151 cm³/mol. The van der Waals surface area contributed by atoms with Gasteiger partial charge < -0.3 is 25.2 Å². The Kier molecular flexibility index (Phi) is 6.41. The summed E-state index contributed by atoms with van der Waals surface area (Å²) >= 11 is 0. The Morgan fingerprint density at radius 1 is 1.29 bits per heavy atom. The maximum absolute atomic E-state index is 14.4. The normalized spacial score (nSPS) is 33.0. The molecule has 10 heteroatoms. The summed E-state index contributed by atoms with van der Waals surface area (Å²) in [4.78, 5) is 14.2. The number of rotatable bonds is 5. The van der Waals surface area contributed by atoms with Gasteiger partial charge in [-0.1, -0.05) is 13.0 Å². The zero-order chi connectivity index (χ0) is 28.5. The molecule has 218 valence electrons. The maximum atomic E-state index is 14.4. The summed E-state index contributed by atoms with van der Waals surface area (Å²) < 4.78 is 27.5. The largest absolute Gasteiger partial charge is 0.461 e. The van der Waals surface area contributed by atoms with E-state index < -0.39 is 17.9 Å². The molecule has 1 aromatic heterocycles. The number of nitriles is 1. The molecule has 41 heavy (non-hydrogen) atoms. The Morgan fingerprint density at radius 3 is 2.90 bits per heavy atom. The zero-order valence-corrected chi connectivity index (χ0v) is 23.9. The fraction of sp³-hybridized carbons (Fsp3) is 0.645. The minimum atomic E-state index is -0.834. The average molecular weight is 563 g/mol. The van der Waals surface area contributed by atoms with E-state index in [-0.39, 0.29) is 17.6 Å². The molecule has 7 rings (SSSR count). The summed E-state index contributed by atoms with van der Waals surface area (Å²) in [6, 6.07) is 6.47. The van der Waals surface area contributed by atoms with Crippen LogP contribution in [0, 0.1) is 11.3 Å². The van der Waals surface area contributed by atoms with Crippen molar-refractivity contribution in [3.8, 4) is 12.1 Å². The number of hydrogen-bond donors (Lipinski definition) is 2. The highest BCUT2D eigenvalue weighted by molar-refractivity contribution is 5.64. The van der Waals surface area contributed by atoms with E-state index in [0.717, 1.165) is 73.4 Å². The number of hydrogen-bond acceptors (Lipinski definition) is 9. The number of nitrogen functional groups attached to an aromatic ring is 1. The van der Waals surface area contributed by atoms with Crippen LogP contribution in [0.4, 0.5) is 15.9 Å². The number of aliphatic hydroxyl groups is 1. The molecule has 3 fully saturated rings. The third-order valence-electron chi connectivity index (χ3n) is 10.5. The van der Waals surface area contributed by atoms with Crippen LogP contribution in [0.3, 0.4) is 0 Å². The lowest BCUT2D eigenvalue weighted by atomic mass is 9.69. The van der Waals surface area contributed by atoms with Crippen molar-refractivity contribution in [2.45, 2.75) is 101 Å². The van der Waals surface area contributed by atoms with Gasteiger partial charge >= 0.3 is 6.01 Å². The Hall–Kier alpha value is -3.00. The molecule has 0 saturated carbocycles. The van der Waals surface area contributed by atoms with Gasteiger partial charge in [-0.15, -0.1) is 0 Å². The van der Waals surface area contributed by atoms with Crippen LogP contribution in [-0.2, 0) is 23.4 Å². The second-order valence-corrected chi connectivity index (χ2v) is 12.9. The Labute approximate surface area is 240 Å². The summed E-state index contributed by atoms with van der Waals surface area (Å²) in [6.07, 6.45) is 4.12. The maximum Gasteiger partial charge on any atom is 0.318 e. The van der Waals surface area contributed by atoms with Crippen molar-refractivity contribution in [1.82, 2.24) is 14.9 Å². The molecule has 1 aromatic carbocycles. The van der Waals surface area contributed by atoms with Crippen LogP contribution in [0.2, 0.25) is 0 Å². The van der Waals surface area contributed by atoms with Crippen LogP contribution in [0.1, 0.15) is 86.2 Å². The molecule has 3 N–H and O–H groups in total. The highest BCUT2D eigenvalue weighted by Crippen LogP contribution is 2.51. The number of anilines is 2. The minimum absolute atomic E-state index is 0.0370. The summed E-state index contributed by atoms with van der Waals surface area (Å²) in [7, 11) is 0. The highest BCUT2D eigenvalue weighted by atomic mass is 19.1. The molecule has 0 amide bonds. The molecule has 1 spiro atoms. The number of alkyl halides is 1. The Morgan fingerprint density at radius 2 is 2.15 bits per heavy atom. The van der Waals surface area contributed by atoms with Crippen molar-refractivity contribution < 1.29 is 19.0 Å². The summed E-state index contributed by atoms with van der Waals surface area (Å²) in [5.74, 6) is 1.03. The van der Waals surface area contributed by atoms with Crippen LogP contribution in [0.25, 0.3) is 0 Å². The molecule has 5 heterocycles. The predicted octanol–water partition coefficient (Wildman–Crippen LogP) is 3.71. The molecule has 5 aliphatic rings. The molecule has 2 aromatic rings. The molecule has 9 nitrogen and oxygen atoms in total. The number of benzene rings is 1. The van der Waals surface area contributed by atoms with E-state index in [1.165, 1.54) is 0 Å². The average Bonchev–Trinajstić information content (AvgIpc) is 3.44. The lowest BCUT2D eigenvalue weighted by Gasteiger charge is -2.47. The molecular weight excluding hydrogens is 523 g/mol. The first-order valence-electron chi connectivity index (χ1n) is 15.1. The standard InChI is InChI=1S/C31H39FN6O3/c1-18-6-9-31(27-21(18)4-5-24(34)22(27)14-33)13-25-23(16-41-31)28(38-11-7-26(38)19(2)39)36-29(35-25)40-17-30-8-3-10-37(30)15-20(32)12-30/h4-5,18-20,26,39H,3,6-13,15-17,34H2,1-2H3/t18-,19+,20+,26+,30?,31-/m0/s1. The van der Waals surface area contributed by atoms with E-state index in [0.29, 0.717) is 49.8 Å². The van der Waals surface area contributed by atoms with E-state index in [1.807, 2.05) is 19.1 Å². The minimum Gasteiger partial charge on any atom is -0.461 e. The molecule has 0 bridgehead atoms. The van der Waals surface area contributed by atoms with Crippen LogP contribution >= 0.6 is 0 Å². The lowest BCUT2D eigenvalue weighted by molar-refractivity contribution is -0.0874. The highest BCUT2D eigenvalue weighted by Gasteiger charge is 2.50. The number of fused-ring (bicyclic) bond motifs is 4. The van der Waals surface area contributed by atoms with Crippen molar-refractivity contribution in [3.63, 3.8) is 0 Å². The molecule has 1 aliphatic carbocycles. The second kappa shape index (κ2) is 9.79. The van der Waals surface area contributed by atoms with Gasteiger partial charge in [0.25, 0.3) is 0 Å². The first-order valence-corrected chi connectivity index (χ1v) is 15.1. The van der Waals surface area contributed by atoms with Crippen LogP contribution in [0.5, 0.6) is 6.01 Å². The number of nitrogens with zero attached hydrogens (tertiary/aromatic N) is 5. The summed E-state index contributed by atoms with van der Waals surface area (Å²) in [5.41, 5.74) is 9.98. The van der Waals surface area contributed by atoms with Gasteiger partial charge in [-0.3, -0.25) is 4.90 Å².